The maximum absolute atomic E-state index is 12.2. The van der Waals surface area contributed by atoms with Crippen LogP contribution in [0.1, 0.15) is 39.3 Å². The van der Waals surface area contributed by atoms with Gasteiger partial charge in [-0.2, -0.15) is 0 Å². The highest BCUT2D eigenvalue weighted by Gasteiger charge is 2.24. The van der Waals surface area contributed by atoms with Gasteiger partial charge in [0, 0.05) is 29.4 Å². The molecule has 0 spiro atoms. The summed E-state index contributed by atoms with van der Waals surface area (Å²) < 4.78 is 0. The topological polar surface area (TPSA) is 71.1 Å². The summed E-state index contributed by atoms with van der Waals surface area (Å²) in [5, 5.41) is 6.40. The van der Waals surface area contributed by atoms with E-state index in [0.717, 1.165) is 18.4 Å². The molecule has 2 aromatic rings. The van der Waals surface area contributed by atoms with Gasteiger partial charge in [-0.05, 0) is 49.1 Å². The fourth-order valence-electron chi connectivity index (χ4n) is 2.25. The monoisotopic (exact) mass is 343 g/mol. The van der Waals surface area contributed by atoms with E-state index >= 15 is 0 Å². The minimum atomic E-state index is -0.287. The number of pyridine rings is 1. The second-order valence-corrected chi connectivity index (χ2v) is 6.25. The number of amides is 2. The van der Waals surface area contributed by atoms with Crippen molar-refractivity contribution in [3.63, 3.8) is 0 Å². The van der Waals surface area contributed by atoms with Gasteiger partial charge in [0.15, 0.2) is 0 Å². The van der Waals surface area contributed by atoms with E-state index in [-0.39, 0.29) is 23.6 Å². The SMILES string of the molecule is O=C(NC1CC1)c1ccnc(C(=O)NCCc2ccc(Cl)cc2)c1. The highest BCUT2D eigenvalue weighted by Crippen LogP contribution is 2.19. The lowest BCUT2D eigenvalue weighted by Crippen LogP contribution is -2.28. The van der Waals surface area contributed by atoms with E-state index in [4.69, 9.17) is 11.6 Å². The molecule has 1 aliphatic carbocycles. The first-order valence-corrected chi connectivity index (χ1v) is 8.29. The fraction of sp³-hybridized carbons (Fsp3) is 0.278. The van der Waals surface area contributed by atoms with Gasteiger partial charge in [-0.15, -0.1) is 0 Å². The quantitative estimate of drug-likeness (QED) is 0.847. The van der Waals surface area contributed by atoms with E-state index in [9.17, 15) is 9.59 Å². The molecule has 124 valence electrons. The molecule has 1 aromatic heterocycles. The molecule has 6 heteroatoms. The summed E-state index contributed by atoms with van der Waals surface area (Å²) in [4.78, 5) is 28.2. The summed E-state index contributed by atoms with van der Waals surface area (Å²) in [6, 6.07) is 10.9. The maximum Gasteiger partial charge on any atom is 0.269 e. The number of hydrogen-bond donors (Lipinski definition) is 2. The third-order valence-electron chi connectivity index (χ3n) is 3.78. The molecular weight excluding hydrogens is 326 g/mol. The zero-order chi connectivity index (χ0) is 16.9. The van der Waals surface area contributed by atoms with Crippen molar-refractivity contribution in [2.24, 2.45) is 0 Å². The van der Waals surface area contributed by atoms with E-state index in [0.29, 0.717) is 23.6 Å². The Morgan fingerprint density at radius 3 is 2.58 bits per heavy atom. The van der Waals surface area contributed by atoms with Crippen LogP contribution in [0.25, 0.3) is 0 Å². The highest BCUT2D eigenvalue weighted by atomic mass is 35.5. The first kappa shape index (κ1) is 16.5. The molecule has 1 saturated carbocycles. The number of halogens is 1. The summed E-state index contributed by atoms with van der Waals surface area (Å²) >= 11 is 5.84. The van der Waals surface area contributed by atoms with Gasteiger partial charge in [0.2, 0.25) is 0 Å². The largest absolute Gasteiger partial charge is 0.350 e. The van der Waals surface area contributed by atoms with Crippen LogP contribution in [0.4, 0.5) is 0 Å². The molecule has 0 aliphatic heterocycles. The Morgan fingerprint density at radius 1 is 1.12 bits per heavy atom. The molecule has 1 heterocycles. The van der Waals surface area contributed by atoms with E-state index in [2.05, 4.69) is 15.6 Å². The number of hydrogen-bond acceptors (Lipinski definition) is 3. The van der Waals surface area contributed by atoms with E-state index < -0.39 is 0 Å². The van der Waals surface area contributed by atoms with Crippen molar-refractivity contribution in [1.29, 1.82) is 0 Å². The number of benzene rings is 1. The smallest absolute Gasteiger partial charge is 0.269 e. The molecule has 24 heavy (non-hydrogen) atoms. The molecular formula is C18H18ClN3O2. The van der Waals surface area contributed by atoms with Crippen molar-refractivity contribution in [3.8, 4) is 0 Å². The third-order valence-corrected chi connectivity index (χ3v) is 4.03. The summed E-state index contributed by atoms with van der Waals surface area (Å²) in [7, 11) is 0. The van der Waals surface area contributed by atoms with Crippen LogP contribution in [0.2, 0.25) is 5.02 Å². The van der Waals surface area contributed by atoms with Gasteiger partial charge in [0.25, 0.3) is 11.8 Å². The van der Waals surface area contributed by atoms with E-state index in [1.54, 1.807) is 6.07 Å². The Kier molecular flexibility index (Phi) is 5.11. The second kappa shape index (κ2) is 7.45. The molecule has 1 aliphatic rings. The molecule has 0 saturated heterocycles. The Hall–Kier alpha value is -2.40. The van der Waals surface area contributed by atoms with Gasteiger partial charge < -0.3 is 10.6 Å². The Bertz CT molecular complexity index is 742. The second-order valence-electron chi connectivity index (χ2n) is 5.81. The van der Waals surface area contributed by atoms with Gasteiger partial charge in [0.05, 0.1) is 0 Å². The van der Waals surface area contributed by atoms with Crippen LogP contribution >= 0.6 is 11.6 Å². The average Bonchev–Trinajstić information content (AvgIpc) is 3.40. The highest BCUT2D eigenvalue weighted by molar-refractivity contribution is 6.30. The molecule has 0 unspecified atom stereocenters. The molecule has 2 amide bonds. The number of aromatic nitrogens is 1. The maximum atomic E-state index is 12.2. The minimum absolute atomic E-state index is 0.157. The molecule has 1 aromatic carbocycles. The van der Waals surface area contributed by atoms with Crippen molar-refractivity contribution in [3.05, 3.63) is 64.4 Å². The van der Waals surface area contributed by atoms with Crippen LogP contribution in [0, 0.1) is 0 Å². The standard InChI is InChI=1S/C18H18ClN3O2/c19-14-3-1-12(2-4-14)7-9-21-18(24)16-11-13(8-10-20-16)17(23)22-15-5-6-15/h1-4,8,10-11,15H,5-7,9H2,(H,21,24)(H,22,23). The Morgan fingerprint density at radius 2 is 1.88 bits per heavy atom. The lowest BCUT2D eigenvalue weighted by Gasteiger charge is -2.07. The van der Waals surface area contributed by atoms with Gasteiger partial charge in [-0.1, -0.05) is 23.7 Å². The van der Waals surface area contributed by atoms with E-state index in [1.165, 1.54) is 12.3 Å². The van der Waals surface area contributed by atoms with Crippen molar-refractivity contribution in [1.82, 2.24) is 15.6 Å². The van der Waals surface area contributed by atoms with Crippen LogP contribution in [0.15, 0.2) is 42.6 Å². The van der Waals surface area contributed by atoms with Crippen LogP contribution in [-0.4, -0.2) is 29.4 Å². The number of rotatable bonds is 6. The van der Waals surface area contributed by atoms with Crippen molar-refractivity contribution in [2.45, 2.75) is 25.3 Å². The minimum Gasteiger partial charge on any atom is -0.350 e. The predicted molar refractivity (Wildman–Crippen MR) is 92.2 cm³/mol. The molecule has 2 N–H and O–H groups in total. The Labute approximate surface area is 145 Å². The number of nitrogens with zero attached hydrogens (tertiary/aromatic N) is 1. The lowest BCUT2D eigenvalue weighted by atomic mass is 10.1. The van der Waals surface area contributed by atoms with Gasteiger partial charge in [0.1, 0.15) is 5.69 Å². The van der Waals surface area contributed by atoms with Crippen LogP contribution in [0.3, 0.4) is 0 Å². The molecule has 0 radical (unpaired) electrons. The first-order chi connectivity index (χ1) is 11.6. The number of nitrogens with one attached hydrogen (secondary N) is 2. The zero-order valence-electron chi connectivity index (χ0n) is 13.1. The molecule has 1 fully saturated rings. The van der Waals surface area contributed by atoms with Crippen LogP contribution in [0.5, 0.6) is 0 Å². The molecule has 0 bridgehead atoms. The normalized spacial score (nSPS) is 13.4. The average molecular weight is 344 g/mol. The van der Waals surface area contributed by atoms with Crippen LogP contribution < -0.4 is 10.6 Å². The molecule has 0 atom stereocenters. The fourth-order valence-corrected chi connectivity index (χ4v) is 2.38. The van der Waals surface area contributed by atoms with E-state index in [1.807, 2.05) is 24.3 Å². The van der Waals surface area contributed by atoms with Gasteiger partial charge >= 0.3 is 0 Å². The zero-order valence-corrected chi connectivity index (χ0v) is 13.8. The third kappa shape index (κ3) is 4.55. The van der Waals surface area contributed by atoms with Crippen molar-refractivity contribution < 1.29 is 9.59 Å². The summed E-state index contributed by atoms with van der Waals surface area (Å²) in [5.41, 5.74) is 1.79. The van der Waals surface area contributed by atoms with Gasteiger partial charge in [-0.25, -0.2) is 0 Å². The lowest BCUT2D eigenvalue weighted by molar-refractivity contribution is 0.0949. The van der Waals surface area contributed by atoms with Crippen LogP contribution in [-0.2, 0) is 6.42 Å². The van der Waals surface area contributed by atoms with Gasteiger partial charge in [-0.3, -0.25) is 14.6 Å². The number of carbonyl (C=O) groups is 2. The summed E-state index contributed by atoms with van der Waals surface area (Å²) in [6.45, 7) is 0.487. The predicted octanol–water partition coefficient (Wildman–Crippen LogP) is 2.60. The van der Waals surface area contributed by atoms with Crippen molar-refractivity contribution >= 4 is 23.4 Å². The number of carbonyl (C=O) groups excluding carboxylic acids is 2. The summed E-state index contributed by atoms with van der Waals surface area (Å²) in [6.07, 6.45) is 4.23. The Balaban J connectivity index is 1.54. The molecule has 5 nitrogen and oxygen atoms in total. The summed E-state index contributed by atoms with van der Waals surface area (Å²) in [5.74, 6) is -0.444. The molecule has 3 rings (SSSR count). The van der Waals surface area contributed by atoms with Crippen molar-refractivity contribution in [2.75, 3.05) is 6.54 Å². The first-order valence-electron chi connectivity index (χ1n) is 7.91.